The zero-order valence-electron chi connectivity index (χ0n) is 19.4. The molecule has 0 unspecified atom stereocenters. The zero-order valence-corrected chi connectivity index (χ0v) is 20.1. The van der Waals surface area contributed by atoms with Crippen molar-refractivity contribution < 1.29 is 28.6 Å². The van der Waals surface area contributed by atoms with Crippen LogP contribution in [0.25, 0.3) is 6.08 Å². The first-order valence-electron chi connectivity index (χ1n) is 11.1. The van der Waals surface area contributed by atoms with E-state index >= 15 is 0 Å². The van der Waals surface area contributed by atoms with Crippen molar-refractivity contribution >= 4 is 35.5 Å². The molecule has 1 aliphatic heterocycles. The van der Waals surface area contributed by atoms with E-state index in [1.54, 1.807) is 36.4 Å². The van der Waals surface area contributed by atoms with Crippen LogP contribution in [0.4, 0.5) is 4.79 Å². The SMILES string of the molecule is CCCOc1ccc(CN2C(=O)NC(=O)/C(=C\c3cc(Cl)ccc3OCC)C2=O)cc1OCC. The van der Waals surface area contributed by atoms with Crippen LogP contribution in [-0.4, -0.2) is 42.6 Å². The smallest absolute Gasteiger partial charge is 0.331 e. The molecule has 0 aliphatic carbocycles. The molecule has 34 heavy (non-hydrogen) atoms. The van der Waals surface area contributed by atoms with E-state index in [0.717, 1.165) is 11.3 Å². The first kappa shape index (κ1) is 25.1. The molecule has 4 amide bonds. The second-order valence-corrected chi connectivity index (χ2v) is 7.82. The van der Waals surface area contributed by atoms with Gasteiger partial charge in [0.2, 0.25) is 0 Å². The zero-order chi connectivity index (χ0) is 24.7. The Kier molecular flexibility index (Phi) is 8.54. The van der Waals surface area contributed by atoms with Crippen molar-refractivity contribution in [1.82, 2.24) is 10.2 Å². The second-order valence-electron chi connectivity index (χ2n) is 7.39. The number of imide groups is 2. The summed E-state index contributed by atoms with van der Waals surface area (Å²) < 4.78 is 16.9. The summed E-state index contributed by atoms with van der Waals surface area (Å²) in [6.45, 7) is 6.98. The number of nitrogens with one attached hydrogen (secondary N) is 1. The summed E-state index contributed by atoms with van der Waals surface area (Å²) >= 11 is 6.09. The van der Waals surface area contributed by atoms with E-state index in [-0.39, 0.29) is 12.1 Å². The van der Waals surface area contributed by atoms with Gasteiger partial charge in [0.1, 0.15) is 11.3 Å². The Morgan fingerprint density at radius 3 is 2.32 bits per heavy atom. The summed E-state index contributed by atoms with van der Waals surface area (Å²) in [7, 11) is 0. The number of barbiturate groups is 1. The van der Waals surface area contributed by atoms with Crippen LogP contribution >= 0.6 is 11.6 Å². The predicted molar refractivity (Wildman–Crippen MR) is 128 cm³/mol. The topological polar surface area (TPSA) is 94.2 Å². The van der Waals surface area contributed by atoms with Crippen LogP contribution in [0.3, 0.4) is 0 Å². The second kappa shape index (κ2) is 11.6. The number of carbonyl (C=O) groups is 3. The summed E-state index contributed by atoms with van der Waals surface area (Å²) in [6, 6.07) is 9.31. The van der Waals surface area contributed by atoms with Crippen LogP contribution in [0.1, 0.15) is 38.3 Å². The van der Waals surface area contributed by atoms with Gasteiger partial charge in [0, 0.05) is 10.6 Å². The van der Waals surface area contributed by atoms with Crippen molar-refractivity contribution in [3.8, 4) is 17.2 Å². The van der Waals surface area contributed by atoms with E-state index in [2.05, 4.69) is 5.32 Å². The van der Waals surface area contributed by atoms with Gasteiger partial charge in [0.05, 0.1) is 26.4 Å². The minimum Gasteiger partial charge on any atom is -0.493 e. The van der Waals surface area contributed by atoms with E-state index < -0.39 is 17.8 Å². The Morgan fingerprint density at radius 1 is 0.912 bits per heavy atom. The van der Waals surface area contributed by atoms with E-state index in [1.165, 1.54) is 6.08 Å². The lowest BCUT2D eigenvalue weighted by Gasteiger charge is -2.27. The quantitative estimate of drug-likeness (QED) is 0.390. The number of rotatable bonds is 10. The molecule has 1 N–H and O–H groups in total. The first-order chi connectivity index (χ1) is 16.4. The van der Waals surface area contributed by atoms with Crippen molar-refractivity contribution in [2.75, 3.05) is 19.8 Å². The molecule has 180 valence electrons. The number of hydrogen-bond donors (Lipinski definition) is 1. The van der Waals surface area contributed by atoms with E-state index in [0.29, 0.717) is 53.2 Å². The fourth-order valence-corrected chi connectivity index (χ4v) is 3.53. The van der Waals surface area contributed by atoms with Crippen molar-refractivity contribution in [1.29, 1.82) is 0 Å². The van der Waals surface area contributed by atoms with Gasteiger partial charge in [-0.3, -0.25) is 19.8 Å². The number of halogens is 1. The predicted octanol–water partition coefficient (Wildman–Crippen LogP) is 4.59. The Morgan fingerprint density at radius 2 is 1.62 bits per heavy atom. The molecule has 9 heteroatoms. The summed E-state index contributed by atoms with van der Waals surface area (Å²) in [4.78, 5) is 39.1. The Bertz CT molecular complexity index is 1110. The monoisotopic (exact) mass is 486 g/mol. The minimum absolute atomic E-state index is 0.0583. The molecule has 2 aromatic carbocycles. The highest BCUT2D eigenvalue weighted by Gasteiger charge is 2.36. The lowest BCUT2D eigenvalue weighted by atomic mass is 10.1. The third-order valence-electron chi connectivity index (χ3n) is 4.87. The highest BCUT2D eigenvalue weighted by Crippen LogP contribution is 2.30. The third kappa shape index (κ3) is 5.88. The van der Waals surface area contributed by atoms with Crippen molar-refractivity contribution in [3.05, 3.63) is 58.1 Å². The number of carbonyl (C=O) groups excluding carboxylic acids is 3. The molecular formula is C25H27ClN2O6. The first-order valence-corrected chi connectivity index (χ1v) is 11.4. The summed E-state index contributed by atoms with van der Waals surface area (Å²) in [5, 5.41) is 2.64. The average Bonchev–Trinajstić information content (AvgIpc) is 2.81. The van der Waals surface area contributed by atoms with Gasteiger partial charge in [-0.15, -0.1) is 0 Å². The number of hydrogen-bond acceptors (Lipinski definition) is 6. The van der Waals surface area contributed by atoms with Gasteiger partial charge in [-0.1, -0.05) is 24.6 Å². The highest BCUT2D eigenvalue weighted by molar-refractivity contribution is 6.32. The van der Waals surface area contributed by atoms with E-state index in [4.69, 9.17) is 25.8 Å². The largest absolute Gasteiger partial charge is 0.493 e. The fraction of sp³-hybridized carbons (Fsp3) is 0.320. The van der Waals surface area contributed by atoms with Crippen molar-refractivity contribution in [3.63, 3.8) is 0 Å². The number of nitrogens with zero attached hydrogens (tertiary/aromatic N) is 1. The molecule has 0 atom stereocenters. The molecule has 1 fully saturated rings. The maximum atomic E-state index is 13.2. The van der Waals surface area contributed by atoms with Crippen LogP contribution in [0.2, 0.25) is 5.02 Å². The van der Waals surface area contributed by atoms with Gasteiger partial charge in [-0.05, 0) is 62.2 Å². The van der Waals surface area contributed by atoms with Gasteiger partial charge in [-0.2, -0.15) is 0 Å². The van der Waals surface area contributed by atoms with Crippen molar-refractivity contribution in [2.24, 2.45) is 0 Å². The van der Waals surface area contributed by atoms with Gasteiger partial charge < -0.3 is 14.2 Å². The number of benzene rings is 2. The molecule has 1 heterocycles. The lowest BCUT2D eigenvalue weighted by Crippen LogP contribution is -2.53. The average molecular weight is 487 g/mol. The van der Waals surface area contributed by atoms with E-state index in [1.807, 2.05) is 20.8 Å². The highest BCUT2D eigenvalue weighted by atomic mass is 35.5. The normalized spacial score (nSPS) is 14.9. The summed E-state index contributed by atoms with van der Waals surface area (Å²) in [5.74, 6) is 0.0624. The Labute approximate surface area is 203 Å². The molecule has 3 rings (SSSR count). The summed E-state index contributed by atoms with van der Waals surface area (Å²) in [6.07, 6.45) is 2.22. The number of amides is 4. The van der Waals surface area contributed by atoms with Crippen molar-refractivity contribution in [2.45, 2.75) is 33.7 Å². The molecular weight excluding hydrogens is 460 g/mol. The molecule has 8 nitrogen and oxygen atoms in total. The van der Waals surface area contributed by atoms with Crippen LogP contribution in [0, 0.1) is 0 Å². The standard InChI is InChI=1S/C25H27ClN2O6/c1-4-11-34-21-9-7-16(12-22(21)33-6-3)15-28-24(30)19(23(29)27-25(28)31)14-17-13-18(26)8-10-20(17)32-5-2/h7-10,12-14H,4-6,11,15H2,1-3H3,(H,27,29,31)/b19-14+. The minimum atomic E-state index is -0.799. The van der Waals surface area contributed by atoms with Crippen LogP contribution in [-0.2, 0) is 16.1 Å². The van der Waals surface area contributed by atoms with Crippen LogP contribution < -0.4 is 19.5 Å². The molecule has 0 aromatic heterocycles. The molecule has 2 aromatic rings. The van der Waals surface area contributed by atoms with Gasteiger partial charge in [0.15, 0.2) is 11.5 Å². The molecule has 0 bridgehead atoms. The number of urea groups is 1. The lowest BCUT2D eigenvalue weighted by molar-refractivity contribution is -0.130. The summed E-state index contributed by atoms with van der Waals surface area (Å²) in [5.41, 5.74) is 0.899. The van der Waals surface area contributed by atoms with Crippen LogP contribution in [0.5, 0.6) is 17.2 Å². The fourth-order valence-electron chi connectivity index (χ4n) is 3.35. The van der Waals surface area contributed by atoms with E-state index in [9.17, 15) is 14.4 Å². The molecule has 0 radical (unpaired) electrons. The molecule has 1 aliphatic rings. The molecule has 0 saturated carbocycles. The third-order valence-corrected chi connectivity index (χ3v) is 5.10. The van der Waals surface area contributed by atoms with Gasteiger partial charge >= 0.3 is 6.03 Å². The van der Waals surface area contributed by atoms with Gasteiger partial charge in [0.25, 0.3) is 11.8 Å². The maximum absolute atomic E-state index is 13.2. The Hall–Kier alpha value is -3.52. The molecule has 0 spiro atoms. The Balaban J connectivity index is 1.91. The maximum Gasteiger partial charge on any atom is 0.331 e. The number of ether oxygens (including phenoxy) is 3. The van der Waals surface area contributed by atoms with Crippen LogP contribution in [0.15, 0.2) is 42.0 Å². The van der Waals surface area contributed by atoms with Gasteiger partial charge in [-0.25, -0.2) is 4.79 Å². The molecule has 1 saturated heterocycles.